The van der Waals surface area contributed by atoms with Gasteiger partial charge in [-0.3, -0.25) is 9.59 Å². The van der Waals surface area contributed by atoms with Gasteiger partial charge in [0.05, 0.1) is 13.2 Å². The normalized spacial score (nSPS) is 23.6. The molecule has 116 valence electrons. The zero-order valence-electron chi connectivity index (χ0n) is 12.7. The number of amides is 2. The highest BCUT2D eigenvalue weighted by atomic mass is 16.5. The van der Waals surface area contributed by atoms with Crippen molar-refractivity contribution in [2.75, 3.05) is 33.5 Å². The standard InChI is InChI=1S/C14H26N2O4/c1-4-12-14(18)16(11(2)10-13(17)15-12)6-5-7-20-9-8-19-3/h11-12H,4-10H2,1-3H3,(H,15,17). The summed E-state index contributed by atoms with van der Waals surface area (Å²) in [5.74, 6) is -0.0284. The zero-order chi connectivity index (χ0) is 15.0. The van der Waals surface area contributed by atoms with Gasteiger partial charge in [0.15, 0.2) is 0 Å². The van der Waals surface area contributed by atoms with E-state index in [1.807, 2.05) is 13.8 Å². The molecule has 1 fully saturated rings. The molecule has 20 heavy (non-hydrogen) atoms. The van der Waals surface area contributed by atoms with Crippen LogP contribution in [-0.4, -0.2) is 62.3 Å². The van der Waals surface area contributed by atoms with Gasteiger partial charge in [0.1, 0.15) is 6.04 Å². The van der Waals surface area contributed by atoms with Crippen molar-refractivity contribution < 1.29 is 19.1 Å². The molecule has 1 aliphatic rings. The van der Waals surface area contributed by atoms with Crippen molar-refractivity contribution in [3.63, 3.8) is 0 Å². The van der Waals surface area contributed by atoms with Gasteiger partial charge in [-0.1, -0.05) is 6.92 Å². The molecule has 1 N–H and O–H groups in total. The molecule has 0 radical (unpaired) electrons. The predicted octanol–water partition coefficient (Wildman–Crippen LogP) is 0.555. The van der Waals surface area contributed by atoms with E-state index >= 15 is 0 Å². The Labute approximate surface area is 120 Å². The van der Waals surface area contributed by atoms with Crippen molar-refractivity contribution in [3.8, 4) is 0 Å². The summed E-state index contributed by atoms with van der Waals surface area (Å²) in [6, 6.07) is -0.445. The summed E-state index contributed by atoms with van der Waals surface area (Å²) in [6.07, 6.45) is 1.76. The molecule has 2 atom stereocenters. The largest absolute Gasteiger partial charge is 0.382 e. The average molecular weight is 286 g/mol. The lowest BCUT2D eigenvalue weighted by molar-refractivity contribution is -0.135. The molecule has 6 heteroatoms. The number of carbonyl (C=O) groups excluding carboxylic acids is 2. The molecule has 1 saturated heterocycles. The summed E-state index contributed by atoms with van der Waals surface area (Å²) in [4.78, 5) is 25.8. The highest BCUT2D eigenvalue weighted by Gasteiger charge is 2.32. The number of carbonyl (C=O) groups is 2. The van der Waals surface area contributed by atoms with Gasteiger partial charge in [-0.2, -0.15) is 0 Å². The van der Waals surface area contributed by atoms with Gasteiger partial charge in [-0.05, 0) is 19.8 Å². The van der Waals surface area contributed by atoms with E-state index in [0.29, 0.717) is 39.2 Å². The van der Waals surface area contributed by atoms with Crippen molar-refractivity contribution in [2.45, 2.75) is 45.2 Å². The summed E-state index contributed by atoms with van der Waals surface area (Å²) in [7, 11) is 1.63. The molecule has 2 unspecified atom stereocenters. The van der Waals surface area contributed by atoms with Gasteiger partial charge in [-0.25, -0.2) is 0 Å². The maximum atomic E-state index is 12.3. The molecule has 0 aromatic rings. The van der Waals surface area contributed by atoms with Gasteiger partial charge in [0.25, 0.3) is 0 Å². The van der Waals surface area contributed by atoms with Crippen LogP contribution < -0.4 is 5.32 Å². The fourth-order valence-corrected chi connectivity index (χ4v) is 2.30. The molecule has 1 heterocycles. The molecule has 0 spiro atoms. The van der Waals surface area contributed by atoms with Crippen molar-refractivity contribution in [1.82, 2.24) is 10.2 Å². The highest BCUT2D eigenvalue weighted by molar-refractivity contribution is 5.90. The van der Waals surface area contributed by atoms with E-state index in [4.69, 9.17) is 9.47 Å². The lowest BCUT2D eigenvalue weighted by atomic mass is 10.1. The van der Waals surface area contributed by atoms with Gasteiger partial charge in [0, 0.05) is 32.7 Å². The number of hydrogen-bond donors (Lipinski definition) is 1. The summed E-state index contributed by atoms with van der Waals surface area (Å²) >= 11 is 0. The first-order valence-electron chi connectivity index (χ1n) is 7.26. The molecule has 0 aromatic heterocycles. The predicted molar refractivity (Wildman–Crippen MR) is 75.3 cm³/mol. The van der Waals surface area contributed by atoms with E-state index < -0.39 is 0 Å². The Morgan fingerprint density at radius 3 is 2.70 bits per heavy atom. The molecule has 1 rings (SSSR count). The molecule has 0 bridgehead atoms. The van der Waals surface area contributed by atoms with E-state index in [1.54, 1.807) is 12.0 Å². The van der Waals surface area contributed by atoms with E-state index in [9.17, 15) is 9.59 Å². The second kappa shape index (κ2) is 8.92. The fourth-order valence-electron chi connectivity index (χ4n) is 2.30. The monoisotopic (exact) mass is 286 g/mol. The Bertz CT molecular complexity index is 322. The van der Waals surface area contributed by atoms with Crippen molar-refractivity contribution in [3.05, 3.63) is 0 Å². The third kappa shape index (κ3) is 5.09. The minimum absolute atomic E-state index is 0.0164. The molecular formula is C14H26N2O4. The number of ether oxygens (including phenoxy) is 2. The van der Waals surface area contributed by atoms with Gasteiger partial charge >= 0.3 is 0 Å². The SMILES string of the molecule is CCC1NC(=O)CC(C)N(CCCOCCOC)C1=O. The molecule has 0 saturated carbocycles. The van der Waals surface area contributed by atoms with Crippen molar-refractivity contribution >= 4 is 11.8 Å². The van der Waals surface area contributed by atoms with Crippen LogP contribution in [0.15, 0.2) is 0 Å². The van der Waals surface area contributed by atoms with Crippen LogP contribution in [0.4, 0.5) is 0 Å². The van der Waals surface area contributed by atoms with Crippen molar-refractivity contribution in [1.29, 1.82) is 0 Å². The van der Waals surface area contributed by atoms with Gasteiger partial charge < -0.3 is 19.7 Å². The average Bonchev–Trinajstić information content (AvgIpc) is 2.52. The first-order chi connectivity index (χ1) is 9.60. The lowest BCUT2D eigenvalue weighted by Crippen LogP contribution is -2.46. The first-order valence-corrected chi connectivity index (χ1v) is 7.26. The number of rotatable bonds is 8. The Morgan fingerprint density at radius 2 is 2.05 bits per heavy atom. The van der Waals surface area contributed by atoms with Crippen LogP contribution in [-0.2, 0) is 19.1 Å². The number of hydrogen-bond acceptors (Lipinski definition) is 4. The van der Waals surface area contributed by atoms with Crippen LogP contribution in [0.5, 0.6) is 0 Å². The van der Waals surface area contributed by atoms with Crippen LogP contribution in [0.25, 0.3) is 0 Å². The van der Waals surface area contributed by atoms with Crippen LogP contribution in [0.1, 0.15) is 33.1 Å². The molecule has 6 nitrogen and oxygen atoms in total. The quantitative estimate of drug-likeness (QED) is 0.662. The first kappa shape index (κ1) is 16.9. The lowest BCUT2D eigenvalue weighted by Gasteiger charge is -2.28. The second-order valence-corrected chi connectivity index (χ2v) is 5.07. The molecule has 1 aliphatic heterocycles. The van der Waals surface area contributed by atoms with E-state index in [-0.39, 0.29) is 23.9 Å². The summed E-state index contributed by atoms with van der Waals surface area (Å²) < 4.78 is 10.3. The topological polar surface area (TPSA) is 67.9 Å². The van der Waals surface area contributed by atoms with Crippen LogP contribution in [0.2, 0.25) is 0 Å². The van der Waals surface area contributed by atoms with E-state index in [2.05, 4.69) is 5.32 Å². The van der Waals surface area contributed by atoms with Crippen LogP contribution in [0.3, 0.4) is 0 Å². The number of nitrogens with zero attached hydrogens (tertiary/aromatic N) is 1. The van der Waals surface area contributed by atoms with Crippen molar-refractivity contribution in [2.24, 2.45) is 0 Å². The Balaban J connectivity index is 2.44. The minimum atomic E-state index is -0.387. The van der Waals surface area contributed by atoms with Crippen LogP contribution >= 0.6 is 0 Å². The second-order valence-electron chi connectivity index (χ2n) is 5.07. The Hall–Kier alpha value is -1.14. The summed E-state index contributed by atoms with van der Waals surface area (Å²) in [5, 5.41) is 2.78. The Kier molecular flexibility index (Phi) is 7.54. The Morgan fingerprint density at radius 1 is 1.30 bits per heavy atom. The fraction of sp³-hybridized carbons (Fsp3) is 0.857. The third-order valence-electron chi connectivity index (χ3n) is 3.46. The third-order valence-corrected chi connectivity index (χ3v) is 3.46. The summed E-state index contributed by atoms with van der Waals surface area (Å²) in [6.45, 7) is 6.19. The van der Waals surface area contributed by atoms with Gasteiger partial charge in [-0.15, -0.1) is 0 Å². The highest BCUT2D eigenvalue weighted by Crippen LogP contribution is 2.13. The smallest absolute Gasteiger partial charge is 0.245 e. The molecule has 0 aromatic carbocycles. The maximum absolute atomic E-state index is 12.3. The molecule has 2 amide bonds. The number of nitrogens with one attached hydrogen (secondary N) is 1. The van der Waals surface area contributed by atoms with Gasteiger partial charge in [0.2, 0.25) is 11.8 Å². The minimum Gasteiger partial charge on any atom is -0.382 e. The van der Waals surface area contributed by atoms with Crippen LogP contribution in [0, 0.1) is 0 Å². The molecular weight excluding hydrogens is 260 g/mol. The summed E-state index contributed by atoms with van der Waals surface area (Å²) in [5.41, 5.74) is 0. The number of methoxy groups -OCH3 is 1. The maximum Gasteiger partial charge on any atom is 0.245 e. The zero-order valence-corrected chi connectivity index (χ0v) is 12.7. The molecule has 0 aliphatic carbocycles. The van der Waals surface area contributed by atoms with E-state index in [1.165, 1.54) is 0 Å². The van der Waals surface area contributed by atoms with E-state index in [0.717, 1.165) is 6.42 Å².